The number of non-ortho nitro benzene ring substituents is 1. The molecule has 6 heteroatoms. The van der Waals surface area contributed by atoms with Gasteiger partial charge in [-0.05, 0) is 11.8 Å². The predicted molar refractivity (Wildman–Crippen MR) is 59.1 cm³/mol. The van der Waals surface area contributed by atoms with Crippen molar-refractivity contribution in [3.8, 4) is 0 Å². The molecule has 1 N–H and O–H groups in total. The van der Waals surface area contributed by atoms with E-state index >= 15 is 0 Å². The molecule has 1 aromatic heterocycles. The number of imidazole rings is 1. The first-order chi connectivity index (χ1) is 7.20. The molecule has 0 aliphatic heterocycles. The molecule has 0 saturated carbocycles. The molecule has 15 heavy (non-hydrogen) atoms. The Morgan fingerprint density at radius 3 is 3.07 bits per heavy atom. The van der Waals surface area contributed by atoms with Crippen LogP contribution in [0.15, 0.2) is 23.4 Å². The van der Waals surface area contributed by atoms with Gasteiger partial charge in [-0.1, -0.05) is 18.7 Å². The molecule has 0 aliphatic carbocycles. The number of H-pyrrole nitrogens is 1. The van der Waals surface area contributed by atoms with E-state index in [1.807, 2.05) is 6.92 Å². The van der Waals surface area contributed by atoms with E-state index in [0.717, 1.165) is 16.4 Å². The van der Waals surface area contributed by atoms with Gasteiger partial charge in [-0.2, -0.15) is 0 Å². The number of aromatic amines is 1. The molecule has 0 bridgehead atoms. The third-order valence-electron chi connectivity index (χ3n) is 1.94. The summed E-state index contributed by atoms with van der Waals surface area (Å²) in [6.07, 6.45) is 0. The number of aromatic nitrogens is 2. The summed E-state index contributed by atoms with van der Waals surface area (Å²) in [5, 5.41) is 11.3. The van der Waals surface area contributed by atoms with E-state index in [9.17, 15) is 10.1 Å². The molecule has 1 aromatic carbocycles. The monoisotopic (exact) mass is 223 g/mol. The second-order valence-electron chi connectivity index (χ2n) is 2.93. The van der Waals surface area contributed by atoms with E-state index in [2.05, 4.69) is 9.97 Å². The Bertz CT molecular complexity index is 509. The van der Waals surface area contributed by atoms with Gasteiger partial charge in [0.2, 0.25) is 0 Å². The normalized spacial score (nSPS) is 10.7. The summed E-state index contributed by atoms with van der Waals surface area (Å²) < 4.78 is 0. The third kappa shape index (κ3) is 1.94. The lowest BCUT2D eigenvalue weighted by Gasteiger charge is -1.89. The van der Waals surface area contributed by atoms with Crippen LogP contribution in [-0.2, 0) is 0 Å². The highest BCUT2D eigenvalue weighted by atomic mass is 32.2. The topological polar surface area (TPSA) is 71.8 Å². The maximum atomic E-state index is 10.5. The Hall–Kier alpha value is -1.56. The molecule has 2 rings (SSSR count). The van der Waals surface area contributed by atoms with Gasteiger partial charge in [0.25, 0.3) is 5.69 Å². The van der Waals surface area contributed by atoms with Crippen LogP contribution in [0.3, 0.4) is 0 Å². The van der Waals surface area contributed by atoms with Crippen LogP contribution in [0.25, 0.3) is 11.0 Å². The van der Waals surface area contributed by atoms with Gasteiger partial charge in [-0.25, -0.2) is 4.98 Å². The second-order valence-corrected chi connectivity index (χ2v) is 4.19. The maximum absolute atomic E-state index is 10.5. The first-order valence-electron chi connectivity index (χ1n) is 4.47. The highest BCUT2D eigenvalue weighted by molar-refractivity contribution is 7.99. The smallest absolute Gasteiger partial charge is 0.271 e. The average molecular weight is 223 g/mol. The van der Waals surface area contributed by atoms with Crippen molar-refractivity contribution in [2.45, 2.75) is 12.1 Å². The van der Waals surface area contributed by atoms with Gasteiger partial charge >= 0.3 is 0 Å². The minimum absolute atomic E-state index is 0.0826. The fourth-order valence-electron chi connectivity index (χ4n) is 1.29. The summed E-state index contributed by atoms with van der Waals surface area (Å²) in [7, 11) is 0. The van der Waals surface area contributed by atoms with Gasteiger partial charge in [-0.3, -0.25) is 10.1 Å². The number of rotatable bonds is 3. The van der Waals surface area contributed by atoms with E-state index in [1.54, 1.807) is 17.8 Å². The van der Waals surface area contributed by atoms with Crippen molar-refractivity contribution in [3.63, 3.8) is 0 Å². The molecule has 0 aliphatic rings. The standard InChI is InChI=1S/C9H9N3O2S/c1-2-15-9-10-7-4-3-6(12(13)14)5-8(7)11-9/h3-5H,2H2,1H3,(H,10,11). The highest BCUT2D eigenvalue weighted by Gasteiger charge is 2.09. The molecule has 1 heterocycles. The Kier molecular flexibility index (Phi) is 2.59. The molecule has 5 nitrogen and oxygen atoms in total. The fraction of sp³-hybridized carbons (Fsp3) is 0.222. The largest absolute Gasteiger partial charge is 0.333 e. The first kappa shape index (κ1) is 9.97. The summed E-state index contributed by atoms with van der Waals surface area (Å²) in [5.41, 5.74) is 1.55. The van der Waals surface area contributed by atoms with Crippen molar-refractivity contribution >= 4 is 28.5 Å². The summed E-state index contributed by atoms with van der Waals surface area (Å²) in [5.74, 6) is 0.919. The quantitative estimate of drug-likeness (QED) is 0.493. The van der Waals surface area contributed by atoms with Crippen molar-refractivity contribution in [3.05, 3.63) is 28.3 Å². The van der Waals surface area contributed by atoms with E-state index in [0.29, 0.717) is 5.52 Å². The summed E-state index contributed by atoms with van der Waals surface area (Å²) in [6, 6.07) is 4.62. The molecule has 0 saturated heterocycles. The maximum Gasteiger partial charge on any atom is 0.271 e. The van der Waals surface area contributed by atoms with Gasteiger partial charge in [0, 0.05) is 12.1 Å². The minimum Gasteiger partial charge on any atom is -0.333 e. The molecule has 0 spiro atoms. The number of nitro benzene ring substituents is 1. The minimum atomic E-state index is -0.410. The SMILES string of the molecule is CCSc1nc2ccc([N+](=O)[O-])cc2[nH]1. The number of nitrogens with zero attached hydrogens (tertiary/aromatic N) is 2. The molecule has 0 fully saturated rings. The van der Waals surface area contributed by atoms with Crippen LogP contribution in [-0.4, -0.2) is 20.6 Å². The number of benzene rings is 1. The number of nitrogens with one attached hydrogen (secondary N) is 1. The molecular weight excluding hydrogens is 214 g/mol. The van der Waals surface area contributed by atoms with Crippen LogP contribution in [0.5, 0.6) is 0 Å². The Balaban J connectivity index is 2.47. The highest BCUT2D eigenvalue weighted by Crippen LogP contribution is 2.22. The van der Waals surface area contributed by atoms with Crippen LogP contribution in [0.2, 0.25) is 0 Å². The van der Waals surface area contributed by atoms with Crippen molar-refractivity contribution in [1.29, 1.82) is 0 Å². The Morgan fingerprint density at radius 2 is 2.40 bits per heavy atom. The van der Waals surface area contributed by atoms with Gasteiger partial charge in [-0.15, -0.1) is 0 Å². The molecule has 0 radical (unpaired) electrons. The number of fused-ring (bicyclic) bond motifs is 1. The van der Waals surface area contributed by atoms with E-state index < -0.39 is 4.92 Å². The van der Waals surface area contributed by atoms with Crippen molar-refractivity contribution < 1.29 is 4.92 Å². The van der Waals surface area contributed by atoms with Crippen molar-refractivity contribution in [2.75, 3.05) is 5.75 Å². The number of thioether (sulfide) groups is 1. The third-order valence-corrected chi connectivity index (χ3v) is 2.69. The molecule has 0 atom stereocenters. The molecule has 0 unspecified atom stereocenters. The van der Waals surface area contributed by atoms with E-state index in [1.165, 1.54) is 12.1 Å². The van der Waals surface area contributed by atoms with Gasteiger partial charge in [0.05, 0.1) is 16.0 Å². The number of hydrogen-bond donors (Lipinski definition) is 1. The van der Waals surface area contributed by atoms with Crippen molar-refractivity contribution in [1.82, 2.24) is 9.97 Å². The lowest BCUT2D eigenvalue weighted by molar-refractivity contribution is -0.384. The zero-order chi connectivity index (χ0) is 10.8. The average Bonchev–Trinajstić information content (AvgIpc) is 2.59. The van der Waals surface area contributed by atoms with Crippen LogP contribution < -0.4 is 0 Å². The zero-order valence-electron chi connectivity index (χ0n) is 8.06. The van der Waals surface area contributed by atoms with E-state index in [-0.39, 0.29) is 5.69 Å². The first-order valence-corrected chi connectivity index (χ1v) is 5.46. The lowest BCUT2D eigenvalue weighted by Crippen LogP contribution is -1.86. The van der Waals surface area contributed by atoms with Gasteiger partial charge in [0.1, 0.15) is 0 Å². The van der Waals surface area contributed by atoms with Gasteiger partial charge in [0.15, 0.2) is 5.16 Å². The van der Waals surface area contributed by atoms with Crippen molar-refractivity contribution in [2.24, 2.45) is 0 Å². The zero-order valence-corrected chi connectivity index (χ0v) is 8.87. The summed E-state index contributed by atoms with van der Waals surface area (Å²) >= 11 is 1.58. The Labute approximate surface area is 90.0 Å². The Morgan fingerprint density at radius 1 is 1.60 bits per heavy atom. The van der Waals surface area contributed by atoms with Gasteiger partial charge < -0.3 is 4.98 Å². The van der Waals surface area contributed by atoms with Crippen LogP contribution in [0.1, 0.15) is 6.92 Å². The van der Waals surface area contributed by atoms with E-state index in [4.69, 9.17) is 0 Å². The molecular formula is C9H9N3O2S. The summed E-state index contributed by atoms with van der Waals surface area (Å²) in [4.78, 5) is 17.5. The lowest BCUT2D eigenvalue weighted by atomic mass is 10.3. The summed E-state index contributed by atoms with van der Waals surface area (Å²) in [6.45, 7) is 2.03. The molecule has 0 amide bonds. The van der Waals surface area contributed by atoms with Crippen LogP contribution in [0.4, 0.5) is 5.69 Å². The molecule has 2 aromatic rings. The fourth-order valence-corrected chi connectivity index (χ4v) is 1.91. The number of hydrogen-bond acceptors (Lipinski definition) is 4. The second kappa shape index (κ2) is 3.90. The van der Waals surface area contributed by atoms with Crippen LogP contribution >= 0.6 is 11.8 Å². The molecule has 78 valence electrons. The number of nitro groups is 1. The predicted octanol–water partition coefficient (Wildman–Crippen LogP) is 2.58. The van der Waals surface area contributed by atoms with Crippen LogP contribution in [0, 0.1) is 10.1 Å².